The van der Waals surface area contributed by atoms with Gasteiger partial charge in [0.05, 0.1) is 0 Å². The fourth-order valence-electron chi connectivity index (χ4n) is 5.47. The molecule has 6 rings (SSSR count). The smallest absolute Gasteiger partial charge is 0.193 e. The fraction of sp³-hybridized carbons (Fsp3) is 0.206. The Morgan fingerprint density at radius 3 is 2.13 bits per heavy atom. The molecule has 1 aliphatic heterocycles. The van der Waals surface area contributed by atoms with Crippen molar-refractivity contribution >= 4 is 33.0 Å². The van der Waals surface area contributed by atoms with Crippen molar-refractivity contribution in [3.8, 4) is 5.75 Å². The summed E-state index contributed by atoms with van der Waals surface area (Å²) in [6.07, 6.45) is -0.585. The number of aliphatic hydroxyl groups excluding tert-OH is 1. The average Bonchev–Trinajstić information content (AvgIpc) is 3.00. The second-order valence-electron chi connectivity index (χ2n) is 10.1. The van der Waals surface area contributed by atoms with Crippen LogP contribution in [0.3, 0.4) is 0 Å². The molecule has 196 valence electrons. The van der Waals surface area contributed by atoms with Crippen molar-refractivity contribution in [1.82, 2.24) is 4.90 Å². The molecule has 1 N–H and O–H groups in total. The molecule has 0 aliphatic carbocycles. The third-order valence-corrected chi connectivity index (χ3v) is 7.53. The Bertz CT molecular complexity index is 1580. The zero-order valence-corrected chi connectivity index (χ0v) is 21.9. The first kappa shape index (κ1) is 25.1. The fourth-order valence-corrected chi connectivity index (χ4v) is 5.47. The first-order valence-corrected chi connectivity index (χ1v) is 13.5. The Hall–Kier alpha value is -4.19. The molecule has 1 unspecified atom stereocenters. The maximum Gasteiger partial charge on any atom is 0.193 e. The Labute approximate surface area is 228 Å². The molecular formula is C34H32N2O3. The molecule has 0 spiro atoms. The number of ether oxygens (including phenoxy) is 1. The van der Waals surface area contributed by atoms with Crippen LogP contribution in [-0.2, 0) is 0 Å². The number of β-amino-alcohol motifs (C(OH)–C–C–N with tert-alkyl or cyclic N) is 1. The van der Waals surface area contributed by atoms with E-state index in [4.69, 9.17) is 4.74 Å². The molecule has 0 amide bonds. The van der Waals surface area contributed by atoms with Crippen molar-refractivity contribution in [3.63, 3.8) is 0 Å². The average molecular weight is 517 g/mol. The van der Waals surface area contributed by atoms with Crippen LogP contribution in [0.2, 0.25) is 0 Å². The van der Waals surface area contributed by atoms with E-state index in [1.165, 1.54) is 5.69 Å². The maximum atomic E-state index is 13.5. The Balaban J connectivity index is 1.06. The summed E-state index contributed by atoms with van der Waals surface area (Å²) >= 11 is 0. The Morgan fingerprint density at radius 1 is 0.744 bits per heavy atom. The van der Waals surface area contributed by atoms with Crippen LogP contribution in [0.25, 0.3) is 21.5 Å². The molecule has 39 heavy (non-hydrogen) atoms. The molecule has 0 saturated carbocycles. The van der Waals surface area contributed by atoms with Gasteiger partial charge in [-0.25, -0.2) is 0 Å². The Kier molecular flexibility index (Phi) is 7.26. The molecule has 5 nitrogen and oxygen atoms in total. The largest absolute Gasteiger partial charge is 0.491 e. The van der Waals surface area contributed by atoms with Crippen LogP contribution in [-0.4, -0.2) is 61.2 Å². The predicted octanol–water partition coefficient (Wildman–Crippen LogP) is 5.79. The minimum absolute atomic E-state index is 0.0156. The van der Waals surface area contributed by atoms with Crippen LogP contribution < -0.4 is 9.64 Å². The van der Waals surface area contributed by atoms with Gasteiger partial charge in [-0.15, -0.1) is 0 Å². The molecule has 1 atom stereocenters. The van der Waals surface area contributed by atoms with E-state index in [2.05, 4.69) is 46.2 Å². The summed E-state index contributed by atoms with van der Waals surface area (Å²) in [5.41, 5.74) is 2.55. The van der Waals surface area contributed by atoms with Gasteiger partial charge in [0.1, 0.15) is 18.5 Å². The number of rotatable bonds is 8. The van der Waals surface area contributed by atoms with Gasteiger partial charge in [0.15, 0.2) is 5.78 Å². The molecule has 5 aromatic carbocycles. The molecule has 5 aromatic rings. The minimum atomic E-state index is -0.585. The quantitative estimate of drug-likeness (QED) is 0.209. The zero-order valence-electron chi connectivity index (χ0n) is 21.9. The van der Waals surface area contributed by atoms with Gasteiger partial charge in [0, 0.05) is 49.5 Å². The molecule has 0 bridgehead atoms. The molecule has 1 saturated heterocycles. The lowest BCUT2D eigenvalue weighted by atomic mass is 9.93. The number of aliphatic hydroxyl groups is 1. The summed E-state index contributed by atoms with van der Waals surface area (Å²) in [5.74, 6) is 0.626. The maximum absolute atomic E-state index is 13.5. The highest BCUT2D eigenvalue weighted by Crippen LogP contribution is 2.30. The zero-order chi connectivity index (χ0) is 26.6. The van der Waals surface area contributed by atoms with Gasteiger partial charge in [0.25, 0.3) is 0 Å². The standard InChI is InChI=1S/C34H32N2O3/c37-28(23-35-18-20-36(21-19-35)27-9-2-1-3-10-27)24-39-29-16-14-25(15-17-29)34(38)33-22-26-8-4-5-11-30(26)31-12-6-7-13-32(31)33/h1-17,22,28,37H,18-21,23-24H2. The number of hydrogen-bond donors (Lipinski definition) is 1. The van der Waals surface area contributed by atoms with Crippen LogP contribution in [0.1, 0.15) is 15.9 Å². The molecule has 1 heterocycles. The van der Waals surface area contributed by atoms with Gasteiger partial charge in [-0.05, 0) is 64.0 Å². The highest BCUT2D eigenvalue weighted by molar-refractivity contribution is 6.22. The first-order valence-electron chi connectivity index (χ1n) is 13.5. The summed E-state index contributed by atoms with van der Waals surface area (Å²) in [6.45, 7) is 4.49. The lowest BCUT2D eigenvalue weighted by molar-refractivity contribution is 0.0663. The summed E-state index contributed by atoms with van der Waals surface area (Å²) in [6, 6.07) is 35.9. The number of para-hydroxylation sites is 1. The number of carbonyl (C=O) groups is 1. The highest BCUT2D eigenvalue weighted by atomic mass is 16.5. The summed E-state index contributed by atoms with van der Waals surface area (Å²) < 4.78 is 5.87. The Morgan fingerprint density at radius 2 is 1.38 bits per heavy atom. The van der Waals surface area contributed by atoms with Crippen molar-refractivity contribution in [2.24, 2.45) is 0 Å². The van der Waals surface area contributed by atoms with Crippen molar-refractivity contribution in [1.29, 1.82) is 0 Å². The normalized spacial score (nSPS) is 14.9. The number of ketones is 1. The third kappa shape index (κ3) is 5.51. The number of benzene rings is 5. The lowest BCUT2D eigenvalue weighted by Gasteiger charge is -2.36. The molecule has 1 fully saturated rings. The number of hydrogen-bond acceptors (Lipinski definition) is 5. The van der Waals surface area contributed by atoms with E-state index in [0.29, 0.717) is 23.4 Å². The second-order valence-corrected chi connectivity index (χ2v) is 10.1. The number of carbonyl (C=O) groups excluding carboxylic acids is 1. The van der Waals surface area contributed by atoms with E-state index < -0.39 is 6.10 Å². The molecule has 5 heteroatoms. The SMILES string of the molecule is O=C(c1ccc(OCC(O)CN2CCN(c3ccccc3)CC2)cc1)c1cc2ccccc2c2ccccc12. The second kappa shape index (κ2) is 11.3. The van der Waals surface area contributed by atoms with Gasteiger partial charge < -0.3 is 14.7 Å². The van der Waals surface area contributed by atoms with Crippen molar-refractivity contribution in [2.45, 2.75) is 6.10 Å². The van der Waals surface area contributed by atoms with Crippen LogP contribution >= 0.6 is 0 Å². The van der Waals surface area contributed by atoms with Crippen LogP contribution in [0.5, 0.6) is 5.75 Å². The predicted molar refractivity (Wildman–Crippen MR) is 158 cm³/mol. The van der Waals surface area contributed by atoms with E-state index in [1.807, 2.05) is 60.7 Å². The summed E-state index contributed by atoms with van der Waals surface area (Å²) in [5, 5.41) is 14.8. The van der Waals surface area contributed by atoms with Gasteiger partial charge in [0.2, 0.25) is 0 Å². The third-order valence-electron chi connectivity index (χ3n) is 7.53. The number of piperazine rings is 1. The number of fused-ring (bicyclic) bond motifs is 3. The highest BCUT2D eigenvalue weighted by Gasteiger charge is 2.20. The van der Waals surface area contributed by atoms with E-state index in [-0.39, 0.29) is 12.4 Å². The van der Waals surface area contributed by atoms with Crippen molar-refractivity contribution in [3.05, 3.63) is 120 Å². The summed E-state index contributed by atoms with van der Waals surface area (Å²) in [7, 11) is 0. The molecule has 0 aromatic heterocycles. The first-order chi connectivity index (χ1) is 19.2. The van der Waals surface area contributed by atoms with Crippen LogP contribution in [0.4, 0.5) is 5.69 Å². The van der Waals surface area contributed by atoms with Gasteiger partial charge in [-0.3, -0.25) is 9.69 Å². The number of anilines is 1. The van der Waals surface area contributed by atoms with Crippen LogP contribution in [0, 0.1) is 0 Å². The minimum Gasteiger partial charge on any atom is -0.491 e. The number of nitrogens with zero attached hydrogens (tertiary/aromatic N) is 2. The van der Waals surface area contributed by atoms with E-state index in [1.54, 1.807) is 12.1 Å². The van der Waals surface area contributed by atoms with Gasteiger partial charge in [-0.1, -0.05) is 66.7 Å². The van der Waals surface area contributed by atoms with Crippen molar-refractivity contribution in [2.75, 3.05) is 44.2 Å². The molecule has 0 radical (unpaired) electrons. The summed E-state index contributed by atoms with van der Waals surface area (Å²) in [4.78, 5) is 18.2. The lowest BCUT2D eigenvalue weighted by Crippen LogP contribution is -2.49. The van der Waals surface area contributed by atoms with E-state index in [9.17, 15) is 9.90 Å². The van der Waals surface area contributed by atoms with E-state index in [0.717, 1.165) is 47.7 Å². The molecule has 1 aliphatic rings. The van der Waals surface area contributed by atoms with Gasteiger partial charge in [-0.2, -0.15) is 0 Å². The monoisotopic (exact) mass is 516 g/mol. The molecular weight excluding hydrogens is 484 g/mol. The van der Waals surface area contributed by atoms with E-state index >= 15 is 0 Å². The van der Waals surface area contributed by atoms with Crippen LogP contribution in [0.15, 0.2) is 109 Å². The van der Waals surface area contributed by atoms with Crippen molar-refractivity contribution < 1.29 is 14.6 Å². The van der Waals surface area contributed by atoms with Gasteiger partial charge >= 0.3 is 0 Å². The topological polar surface area (TPSA) is 53.0 Å².